The molecule has 0 aromatic heterocycles. The van der Waals surface area contributed by atoms with E-state index in [1.54, 1.807) is 19.1 Å². The van der Waals surface area contributed by atoms with Gasteiger partial charge >= 0.3 is 0 Å². The first-order valence-corrected chi connectivity index (χ1v) is 6.70. The molecule has 1 N–H and O–H groups in total. The van der Waals surface area contributed by atoms with Crippen LogP contribution in [0.4, 0.5) is 4.39 Å². The van der Waals surface area contributed by atoms with Crippen molar-refractivity contribution in [1.29, 1.82) is 0 Å². The summed E-state index contributed by atoms with van der Waals surface area (Å²) in [6.07, 6.45) is 3.78. The smallest absolute Gasteiger partial charge is 0.165 e. The van der Waals surface area contributed by atoms with Crippen LogP contribution in [0, 0.1) is 11.7 Å². The first-order chi connectivity index (χ1) is 8.56. The molecular formula is C15H21FO2. The van der Waals surface area contributed by atoms with E-state index in [9.17, 15) is 9.50 Å². The zero-order valence-corrected chi connectivity index (χ0v) is 11.0. The number of rotatable bonds is 3. The largest absolute Gasteiger partial charge is 0.487 e. The number of aliphatic hydroxyl groups is 1. The maximum Gasteiger partial charge on any atom is 0.165 e. The lowest BCUT2D eigenvalue weighted by atomic mass is 9.89. The molecule has 0 heterocycles. The van der Waals surface area contributed by atoms with Gasteiger partial charge in [0, 0.05) is 0 Å². The molecule has 1 aliphatic carbocycles. The molecule has 0 amide bonds. The van der Waals surface area contributed by atoms with Gasteiger partial charge in [-0.3, -0.25) is 0 Å². The number of halogens is 1. The van der Waals surface area contributed by atoms with Gasteiger partial charge in [0.25, 0.3) is 0 Å². The van der Waals surface area contributed by atoms with Crippen molar-refractivity contribution in [2.75, 3.05) is 0 Å². The van der Waals surface area contributed by atoms with Gasteiger partial charge in [0.2, 0.25) is 0 Å². The van der Waals surface area contributed by atoms with Gasteiger partial charge in [0.05, 0.1) is 12.2 Å². The maximum atomic E-state index is 13.8. The standard InChI is InChI=1S/C15H21FO2/c1-10-3-6-13(7-4-10)18-15-8-5-12(11(2)17)9-14(15)16/h5,8-11,13,17H,3-4,6-7H2,1-2H3/t10?,11-,13?/m1/s1. The van der Waals surface area contributed by atoms with Crippen LogP contribution in [0.5, 0.6) is 5.75 Å². The lowest BCUT2D eigenvalue weighted by Gasteiger charge is -2.27. The highest BCUT2D eigenvalue weighted by Gasteiger charge is 2.20. The van der Waals surface area contributed by atoms with Crippen LogP contribution < -0.4 is 4.74 Å². The molecule has 18 heavy (non-hydrogen) atoms. The SMILES string of the molecule is CC1CCC(Oc2ccc([C@@H](C)O)cc2F)CC1. The lowest BCUT2D eigenvalue weighted by Crippen LogP contribution is -2.23. The van der Waals surface area contributed by atoms with Gasteiger partial charge < -0.3 is 9.84 Å². The molecule has 0 spiro atoms. The Labute approximate surface area is 108 Å². The van der Waals surface area contributed by atoms with Crippen molar-refractivity contribution in [2.24, 2.45) is 5.92 Å². The Hall–Kier alpha value is -1.09. The molecule has 1 saturated carbocycles. The predicted molar refractivity (Wildman–Crippen MR) is 69.1 cm³/mol. The normalized spacial score (nSPS) is 25.8. The van der Waals surface area contributed by atoms with Crippen molar-refractivity contribution in [1.82, 2.24) is 0 Å². The summed E-state index contributed by atoms with van der Waals surface area (Å²) in [5.74, 6) is 0.679. The van der Waals surface area contributed by atoms with Crippen molar-refractivity contribution in [2.45, 2.75) is 51.7 Å². The summed E-state index contributed by atoms with van der Waals surface area (Å²) in [5, 5.41) is 9.38. The van der Waals surface area contributed by atoms with E-state index in [4.69, 9.17) is 4.74 Å². The van der Waals surface area contributed by atoms with Gasteiger partial charge in [-0.05, 0) is 56.2 Å². The quantitative estimate of drug-likeness (QED) is 0.885. The number of hydrogen-bond acceptors (Lipinski definition) is 2. The zero-order valence-electron chi connectivity index (χ0n) is 11.0. The van der Waals surface area contributed by atoms with Crippen LogP contribution in [-0.4, -0.2) is 11.2 Å². The predicted octanol–water partition coefficient (Wildman–Crippen LogP) is 3.84. The Bertz CT molecular complexity index is 395. The molecule has 2 rings (SSSR count). The summed E-state index contributed by atoms with van der Waals surface area (Å²) in [6, 6.07) is 4.69. The highest BCUT2D eigenvalue weighted by Crippen LogP contribution is 2.29. The van der Waals surface area contributed by atoms with Gasteiger partial charge in [-0.25, -0.2) is 4.39 Å². The van der Waals surface area contributed by atoms with Crippen molar-refractivity contribution in [3.8, 4) is 5.75 Å². The zero-order chi connectivity index (χ0) is 13.1. The van der Waals surface area contributed by atoms with E-state index in [1.165, 1.54) is 6.07 Å². The van der Waals surface area contributed by atoms with Gasteiger partial charge in [0.15, 0.2) is 11.6 Å². The number of aliphatic hydroxyl groups excluding tert-OH is 1. The van der Waals surface area contributed by atoms with Crippen LogP contribution in [0.3, 0.4) is 0 Å². The molecule has 0 unspecified atom stereocenters. The molecule has 1 fully saturated rings. The minimum absolute atomic E-state index is 0.132. The average Bonchev–Trinajstić information content (AvgIpc) is 2.34. The molecule has 1 atom stereocenters. The highest BCUT2D eigenvalue weighted by molar-refractivity contribution is 5.30. The summed E-state index contributed by atoms with van der Waals surface area (Å²) in [4.78, 5) is 0. The minimum Gasteiger partial charge on any atom is -0.487 e. The maximum absolute atomic E-state index is 13.8. The van der Waals surface area contributed by atoms with E-state index in [0.717, 1.165) is 31.6 Å². The van der Waals surface area contributed by atoms with Gasteiger partial charge in [-0.15, -0.1) is 0 Å². The molecule has 0 radical (unpaired) electrons. The van der Waals surface area contributed by atoms with Crippen molar-refractivity contribution >= 4 is 0 Å². The molecule has 1 aromatic carbocycles. The van der Waals surface area contributed by atoms with Crippen LogP contribution in [0.2, 0.25) is 0 Å². The fourth-order valence-electron chi connectivity index (χ4n) is 2.40. The number of ether oxygens (including phenoxy) is 1. The Balaban J connectivity index is 2.01. The highest BCUT2D eigenvalue weighted by atomic mass is 19.1. The Morgan fingerprint density at radius 1 is 1.28 bits per heavy atom. The van der Waals surface area contributed by atoms with E-state index in [2.05, 4.69) is 6.92 Å². The third-order valence-corrected chi connectivity index (χ3v) is 3.69. The molecule has 1 aliphatic rings. The minimum atomic E-state index is -0.649. The molecular weight excluding hydrogens is 231 g/mol. The van der Waals surface area contributed by atoms with E-state index in [1.807, 2.05) is 0 Å². The second-order valence-electron chi connectivity index (χ2n) is 5.37. The van der Waals surface area contributed by atoms with Crippen LogP contribution in [0.25, 0.3) is 0 Å². The van der Waals surface area contributed by atoms with Gasteiger partial charge in [0.1, 0.15) is 0 Å². The third kappa shape index (κ3) is 3.22. The second kappa shape index (κ2) is 5.70. The van der Waals surface area contributed by atoms with Crippen molar-refractivity contribution < 1.29 is 14.2 Å². The van der Waals surface area contributed by atoms with Crippen LogP contribution in [0.1, 0.15) is 51.2 Å². The van der Waals surface area contributed by atoms with Crippen LogP contribution in [-0.2, 0) is 0 Å². The molecule has 0 aliphatic heterocycles. The summed E-state index contributed by atoms with van der Waals surface area (Å²) >= 11 is 0. The number of hydrogen-bond donors (Lipinski definition) is 1. The molecule has 100 valence electrons. The summed E-state index contributed by atoms with van der Waals surface area (Å²) in [6.45, 7) is 3.87. The second-order valence-corrected chi connectivity index (χ2v) is 5.37. The molecule has 0 saturated heterocycles. The summed E-state index contributed by atoms with van der Waals surface area (Å²) in [5.41, 5.74) is 0.581. The van der Waals surface area contributed by atoms with Crippen molar-refractivity contribution in [3.05, 3.63) is 29.6 Å². The average molecular weight is 252 g/mol. The monoisotopic (exact) mass is 252 g/mol. The van der Waals surface area contributed by atoms with E-state index >= 15 is 0 Å². The molecule has 3 heteroatoms. The van der Waals surface area contributed by atoms with Crippen LogP contribution in [0.15, 0.2) is 18.2 Å². The lowest BCUT2D eigenvalue weighted by molar-refractivity contribution is 0.130. The van der Waals surface area contributed by atoms with Crippen LogP contribution >= 0.6 is 0 Å². The third-order valence-electron chi connectivity index (χ3n) is 3.69. The fourth-order valence-corrected chi connectivity index (χ4v) is 2.40. The Morgan fingerprint density at radius 3 is 2.50 bits per heavy atom. The summed E-state index contributed by atoms with van der Waals surface area (Å²) < 4.78 is 19.5. The first-order valence-electron chi connectivity index (χ1n) is 6.70. The first kappa shape index (κ1) is 13.3. The van der Waals surface area contributed by atoms with E-state index < -0.39 is 6.10 Å². The van der Waals surface area contributed by atoms with Gasteiger partial charge in [-0.2, -0.15) is 0 Å². The molecule has 0 bridgehead atoms. The Kier molecular flexibility index (Phi) is 4.23. The Morgan fingerprint density at radius 2 is 1.94 bits per heavy atom. The summed E-state index contributed by atoms with van der Waals surface area (Å²) in [7, 11) is 0. The van der Waals surface area contributed by atoms with Crippen molar-refractivity contribution in [3.63, 3.8) is 0 Å². The topological polar surface area (TPSA) is 29.5 Å². The van der Waals surface area contributed by atoms with E-state index in [0.29, 0.717) is 11.3 Å². The molecule has 2 nitrogen and oxygen atoms in total. The molecule has 1 aromatic rings. The number of benzene rings is 1. The van der Waals surface area contributed by atoms with Gasteiger partial charge in [-0.1, -0.05) is 13.0 Å². The van der Waals surface area contributed by atoms with E-state index in [-0.39, 0.29) is 11.9 Å². The fraction of sp³-hybridized carbons (Fsp3) is 0.600.